The van der Waals surface area contributed by atoms with Gasteiger partial charge in [0.2, 0.25) is 5.95 Å². The van der Waals surface area contributed by atoms with Crippen molar-refractivity contribution in [2.75, 3.05) is 29.5 Å². The number of piperidine rings is 1. The maximum atomic E-state index is 13.2. The first kappa shape index (κ1) is 24.8. The highest BCUT2D eigenvalue weighted by Gasteiger charge is 2.25. The van der Waals surface area contributed by atoms with Crippen LogP contribution in [0.1, 0.15) is 43.5 Å². The zero-order chi connectivity index (χ0) is 25.1. The molecule has 3 aromatic rings. The lowest BCUT2D eigenvalue weighted by atomic mass is 10.1. The lowest BCUT2D eigenvalue weighted by Crippen LogP contribution is -2.43. The fourth-order valence-corrected chi connectivity index (χ4v) is 5.07. The van der Waals surface area contributed by atoms with Crippen LogP contribution in [0.15, 0.2) is 45.1 Å². The van der Waals surface area contributed by atoms with E-state index in [4.69, 9.17) is 5.73 Å². The molecule has 1 aromatic carbocycles. The van der Waals surface area contributed by atoms with Gasteiger partial charge in [0.1, 0.15) is 11.4 Å². The summed E-state index contributed by atoms with van der Waals surface area (Å²) in [5, 5.41) is 9.38. The van der Waals surface area contributed by atoms with E-state index in [1.54, 1.807) is 0 Å². The number of hydrogen-bond acceptors (Lipinski definition) is 8. The monoisotopic (exact) mass is 497 g/mol. The number of nitrogens with zero attached hydrogens (tertiary/aromatic N) is 6. The summed E-state index contributed by atoms with van der Waals surface area (Å²) in [6, 6.07) is 9.76. The number of hydrogen-bond donors (Lipinski definition) is 1. The van der Waals surface area contributed by atoms with Crippen molar-refractivity contribution in [3.05, 3.63) is 56.7 Å². The number of carbonyl (C=O) groups excluding carboxylic acids is 1. The minimum Gasteiger partial charge on any atom is -0.384 e. The summed E-state index contributed by atoms with van der Waals surface area (Å²) >= 11 is 1.20. The van der Waals surface area contributed by atoms with Crippen LogP contribution >= 0.6 is 11.8 Å². The zero-order valence-corrected chi connectivity index (χ0v) is 21.1. The summed E-state index contributed by atoms with van der Waals surface area (Å²) in [7, 11) is 1.36. The molecule has 1 fully saturated rings. The molecule has 2 N–H and O–H groups in total. The second kappa shape index (κ2) is 10.5. The predicted octanol–water partition coefficient (Wildman–Crippen LogP) is 2.33. The predicted molar refractivity (Wildman–Crippen MR) is 138 cm³/mol. The van der Waals surface area contributed by atoms with Crippen LogP contribution in [0.3, 0.4) is 0 Å². The summed E-state index contributed by atoms with van der Waals surface area (Å²) in [5.74, 6) is 0.252. The normalized spacial score (nSPS) is 14.0. The van der Waals surface area contributed by atoms with Gasteiger partial charge in [0.15, 0.2) is 10.9 Å². The van der Waals surface area contributed by atoms with Crippen molar-refractivity contribution in [1.82, 2.24) is 23.9 Å². The standard InChI is InChI=1S/C24H31N7O3S/c1-16(2)14-30-20(25)19(21(33)28(3)24(30)34)18(32)15-35-23-27-26-22(29-12-8-5-9-13-29)31(23)17-10-6-4-7-11-17/h4,6-7,10-11,16H,5,8-9,12-15,25H2,1-3H3. The number of carbonyl (C=O) groups is 1. The molecular weight excluding hydrogens is 466 g/mol. The Morgan fingerprint density at radius 1 is 1.09 bits per heavy atom. The number of thioether (sulfide) groups is 1. The van der Waals surface area contributed by atoms with Crippen molar-refractivity contribution in [3.63, 3.8) is 0 Å². The van der Waals surface area contributed by atoms with E-state index in [0.29, 0.717) is 11.7 Å². The topological polar surface area (TPSA) is 121 Å². The highest BCUT2D eigenvalue weighted by atomic mass is 32.2. The van der Waals surface area contributed by atoms with E-state index in [0.717, 1.165) is 42.1 Å². The van der Waals surface area contributed by atoms with Crippen LogP contribution in [0.4, 0.5) is 11.8 Å². The first-order valence-corrected chi connectivity index (χ1v) is 12.8. The Kier molecular flexibility index (Phi) is 7.44. The van der Waals surface area contributed by atoms with E-state index in [-0.39, 0.29) is 23.1 Å². The number of nitrogen functional groups attached to an aromatic ring is 1. The van der Waals surface area contributed by atoms with Gasteiger partial charge in [0.05, 0.1) is 11.4 Å². The molecule has 0 atom stereocenters. The number of ketones is 1. The van der Waals surface area contributed by atoms with Gasteiger partial charge in [0.25, 0.3) is 5.56 Å². The van der Waals surface area contributed by atoms with Crippen LogP contribution in [0.5, 0.6) is 0 Å². The molecule has 35 heavy (non-hydrogen) atoms. The molecular formula is C24H31N7O3S. The van der Waals surface area contributed by atoms with Crippen LogP contribution in [0.25, 0.3) is 5.69 Å². The molecule has 0 aliphatic carbocycles. The first-order valence-electron chi connectivity index (χ1n) is 11.8. The molecule has 0 bridgehead atoms. The minimum atomic E-state index is -0.684. The molecule has 0 unspecified atom stereocenters. The van der Waals surface area contributed by atoms with Crippen LogP contribution in [-0.4, -0.2) is 48.5 Å². The van der Waals surface area contributed by atoms with Crippen LogP contribution in [-0.2, 0) is 13.6 Å². The van der Waals surface area contributed by atoms with Gasteiger partial charge in [0, 0.05) is 26.7 Å². The quantitative estimate of drug-likeness (QED) is 0.372. The number of para-hydroxylation sites is 1. The second-order valence-corrected chi connectivity index (χ2v) is 10.1. The molecule has 1 saturated heterocycles. The Labute approximate surface area is 207 Å². The lowest BCUT2D eigenvalue weighted by Gasteiger charge is -2.27. The fraction of sp³-hybridized carbons (Fsp3) is 0.458. The molecule has 3 heterocycles. The summed E-state index contributed by atoms with van der Waals surface area (Å²) < 4.78 is 4.19. The van der Waals surface area contributed by atoms with Crippen molar-refractivity contribution >= 4 is 29.3 Å². The van der Waals surface area contributed by atoms with Crippen molar-refractivity contribution in [2.45, 2.75) is 44.8 Å². The van der Waals surface area contributed by atoms with Gasteiger partial charge in [-0.1, -0.05) is 43.8 Å². The van der Waals surface area contributed by atoms with Gasteiger partial charge < -0.3 is 10.6 Å². The van der Waals surface area contributed by atoms with E-state index in [1.807, 2.05) is 48.7 Å². The minimum absolute atomic E-state index is 0.0652. The largest absolute Gasteiger partial charge is 0.384 e. The van der Waals surface area contributed by atoms with Crippen LogP contribution in [0, 0.1) is 5.92 Å². The summed E-state index contributed by atoms with van der Waals surface area (Å²) in [6.07, 6.45) is 3.38. The number of nitrogens with two attached hydrogens (primary N) is 1. The fourth-order valence-electron chi connectivity index (χ4n) is 4.25. The van der Waals surface area contributed by atoms with Crippen LogP contribution < -0.4 is 21.9 Å². The van der Waals surface area contributed by atoms with E-state index in [9.17, 15) is 14.4 Å². The highest BCUT2D eigenvalue weighted by molar-refractivity contribution is 7.99. The number of Topliss-reactive ketones (excluding diaryl/α,β-unsaturated/α-hetero) is 1. The van der Waals surface area contributed by atoms with E-state index < -0.39 is 17.0 Å². The third-order valence-corrected chi connectivity index (χ3v) is 6.94. The molecule has 186 valence electrons. The average Bonchev–Trinajstić information content (AvgIpc) is 3.29. The maximum absolute atomic E-state index is 13.2. The summed E-state index contributed by atoms with van der Waals surface area (Å²) in [6.45, 7) is 5.99. The third-order valence-electron chi connectivity index (χ3n) is 6.01. The second-order valence-electron chi connectivity index (χ2n) is 9.12. The van der Waals surface area contributed by atoms with E-state index >= 15 is 0 Å². The summed E-state index contributed by atoms with van der Waals surface area (Å²) in [5.41, 5.74) is 5.70. The Morgan fingerprint density at radius 2 is 1.77 bits per heavy atom. The lowest BCUT2D eigenvalue weighted by molar-refractivity contribution is 0.102. The number of anilines is 2. The van der Waals surface area contributed by atoms with Gasteiger partial charge >= 0.3 is 5.69 Å². The molecule has 1 aliphatic heterocycles. The molecule has 0 spiro atoms. The van der Waals surface area contributed by atoms with Gasteiger partial charge in [-0.2, -0.15) is 0 Å². The smallest absolute Gasteiger partial charge is 0.332 e. The van der Waals surface area contributed by atoms with Gasteiger partial charge in [-0.05, 0) is 37.3 Å². The molecule has 4 rings (SSSR count). The number of rotatable bonds is 8. The molecule has 10 nitrogen and oxygen atoms in total. The third kappa shape index (κ3) is 5.04. The molecule has 2 aromatic heterocycles. The molecule has 1 aliphatic rings. The first-order chi connectivity index (χ1) is 16.8. The maximum Gasteiger partial charge on any atom is 0.332 e. The van der Waals surface area contributed by atoms with Crippen molar-refractivity contribution in [2.24, 2.45) is 13.0 Å². The van der Waals surface area contributed by atoms with Gasteiger partial charge in [-0.3, -0.25) is 23.3 Å². The molecule has 0 radical (unpaired) electrons. The number of aromatic nitrogens is 5. The Morgan fingerprint density at radius 3 is 2.43 bits per heavy atom. The van der Waals surface area contributed by atoms with Gasteiger partial charge in [-0.25, -0.2) is 4.79 Å². The SMILES string of the molecule is CC(C)Cn1c(N)c(C(=O)CSc2nnc(N3CCCCC3)n2-c2ccccc2)c(=O)n(C)c1=O. The van der Waals surface area contributed by atoms with Crippen LogP contribution in [0.2, 0.25) is 0 Å². The van der Waals surface area contributed by atoms with E-state index in [1.165, 1.54) is 29.8 Å². The Bertz CT molecular complexity index is 1320. The van der Waals surface area contributed by atoms with Gasteiger partial charge in [-0.15, -0.1) is 10.2 Å². The Balaban J connectivity index is 1.66. The summed E-state index contributed by atoms with van der Waals surface area (Å²) in [4.78, 5) is 40.8. The molecule has 11 heteroatoms. The number of benzene rings is 1. The zero-order valence-electron chi connectivity index (χ0n) is 20.3. The van der Waals surface area contributed by atoms with E-state index in [2.05, 4.69) is 15.1 Å². The molecule has 0 amide bonds. The highest BCUT2D eigenvalue weighted by Crippen LogP contribution is 2.28. The Hall–Kier alpha value is -3.34. The van der Waals surface area contributed by atoms with Crippen molar-refractivity contribution in [1.29, 1.82) is 0 Å². The van der Waals surface area contributed by atoms with Crippen molar-refractivity contribution < 1.29 is 4.79 Å². The average molecular weight is 498 g/mol. The molecule has 0 saturated carbocycles. The van der Waals surface area contributed by atoms with Crippen molar-refractivity contribution in [3.8, 4) is 5.69 Å².